The van der Waals surface area contributed by atoms with Crippen LogP contribution in [0.3, 0.4) is 0 Å². The fourth-order valence-corrected chi connectivity index (χ4v) is 2.56. The van der Waals surface area contributed by atoms with Gasteiger partial charge in [0.1, 0.15) is 0 Å². The Labute approximate surface area is 117 Å². The van der Waals surface area contributed by atoms with Crippen molar-refractivity contribution in [3.8, 4) is 0 Å². The number of benzene rings is 1. The molecule has 0 atom stereocenters. The first-order valence-electron chi connectivity index (χ1n) is 6.13. The van der Waals surface area contributed by atoms with Crippen molar-refractivity contribution < 1.29 is 22.6 Å². The van der Waals surface area contributed by atoms with E-state index < -0.39 is 16.3 Å². The molecule has 0 aliphatic carbocycles. The summed E-state index contributed by atoms with van der Waals surface area (Å²) in [4.78, 5) is 17.1. The zero-order chi connectivity index (χ0) is 14.8. The monoisotopic (exact) mass is 300 g/mol. The lowest BCUT2D eigenvalue weighted by atomic mass is 10.1. The van der Waals surface area contributed by atoms with Gasteiger partial charge < -0.3 is 4.84 Å². The zero-order valence-electron chi connectivity index (χ0n) is 11.0. The van der Waals surface area contributed by atoms with Crippen LogP contribution in [-0.2, 0) is 15.1 Å². The number of hydrogen-bond acceptors (Lipinski definition) is 5. The van der Waals surface area contributed by atoms with Gasteiger partial charge in [0.05, 0.1) is 5.56 Å². The van der Waals surface area contributed by atoms with Gasteiger partial charge in [0.25, 0.3) is 0 Å². The standard InChI is InChI=1S/C12H16N2O5S/c1-10-3-2-4-11(9-10)12(15)19-13-5-7-14(8-6-13)20(16,17)18/h2-4,9H,5-8H2,1H3,(H,16,17,18). The van der Waals surface area contributed by atoms with Gasteiger partial charge in [-0.15, -0.1) is 5.06 Å². The van der Waals surface area contributed by atoms with Crippen LogP contribution in [0.2, 0.25) is 0 Å². The number of rotatable bonds is 3. The van der Waals surface area contributed by atoms with Crippen LogP contribution in [0.5, 0.6) is 0 Å². The third-order valence-electron chi connectivity index (χ3n) is 2.99. The van der Waals surface area contributed by atoms with Crippen molar-refractivity contribution in [2.75, 3.05) is 26.2 Å². The van der Waals surface area contributed by atoms with Crippen LogP contribution in [0.15, 0.2) is 24.3 Å². The van der Waals surface area contributed by atoms with Crippen LogP contribution in [-0.4, -0.2) is 54.5 Å². The molecule has 1 aromatic carbocycles. The lowest BCUT2D eigenvalue weighted by molar-refractivity contribution is -0.123. The van der Waals surface area contributed by atoms with E-state index in [-0.39, 0.29) is 26.2 Å². The second-order valence-electron chi connectivity index (χ2n) is 4.55. The van der Waals surface area contributed by atoms with E-state index in [4.69, 9.17) is 9.39 Å². The summed E-state index contributed by atoms with van der Waals surface area (Å²) in [5.74, 6) is -0.478. The smallest absolute Gasteiger partial charge is 0.357 e. The molecule has 0 spiro atoms. The summed E-state index contributed by atoms with van der Waals surface area (Å²) < 4.78 is 31.7. The van der Waals surface area contributed by atoms with Crippen LogP contribution in [0.25, 0.3) is 0 Å². The predicted octanol–water partition coefficient (Wildman–Crippen LogP) is 0.487. The fraction of sp³-hybridized carbons (Fsp3) is 0.417. The molecule has 0 saturated carbocycles. The largest absolute Gasteiger partial charge is 0.364 e. The van der Waals surface area contributed by atoms with E-state index in [1.54, 1.807) is 18.2 Å². The molecular weight excluding hydrogens is 284 g/mol. The Balaban J connectivity index is 1.91. The van der Waals surface area contributed by atoms with Gasteiger partial charge in [-0.3, -0.25) is 4.55 Å². The van der Waals surface area contributed by atoms with Crippen molar-refractivity contribution in [3.63, 3.8) is 0 Å². The van der Waals surface area contributed by atoms with Gasteiger partial charge in [0.2, 0.25) is 0 Å². The molecule has 20 heavy (non-hydrogen) atoms. The molecule has 1 saturated heterocycles. The van der Waals surface area contributed by atoms with Crippen LogP contribution in [0.4, 0.5) is 0 Å². The molecule has 1 fully saturated rings. The van der Waals surface area contributed by atoms with E-state index in [1.807, 2.05) is 13.0 Å². The number of aryl methyl sites for hydroxylation is 1. The number of nitrogens with zero attached hydrogens (tertiary/aromatic N) is 2. The Bertz CT molecular complexity index is 594. The van der Waals surface area contributed by atoms with E-state index in [2.05, 4.69) is 0 Å². The summed E-state index contributed by atoms with van der Waals surface area (Å²) in [5, 5.41) is 1.40. The van der Waals surface area contributed by atoms with Crippen molar-refractivity contribution in [2.45, 2.75) is 6.92 Å². The van der Waals surface area contributed by atoms with E-state index in [0.29, 0.717) is 5.56 Å². The summed E-state index contributed by atoms with van der Waals surface area (Å²) in [6.07, 6.45) is 0. The topological polar surface area (TPSA) is 87.2 Å². The summed E-state index contributed by atoms with van der Waals surface area (Å²) in [5.41, 5.74) is 1.40. The van der Waals surface area contributed by atoms with Gasteiger partial charge in [-0.05, 0) is 19.1 Å². The number of hydrogen-bond donors (Lipinski definition) is 1. The molecule has 0 radical (unpaired) electrons. The number of hydroxylamine groups is 2. The molecule has 0 bridgehead atoms. The molecule has 1 heterocycles. The van der Waals surface area contributed by atoms with Gasteiger partial charge in [-0.2, -0.15) is 12.7 Å². The Morgan fingerprint density at radius 1 is 1.25 bits per heavy atom. The zero-order valence-corrected chi connectivity index (χ0v) is 11.8. The molecule has 8 heteroatoms. The molecule has 1 aliphatic heterocycles. The molecule has 1 aliphatic rings. The molecule has 0 amide bonds. The van der Waals surface area contributed by atoms with Gasteiger partial charge in [0.15, 0.2) is 0 Å². The quantitative estimate of drug-likeness (QED) is 0.817. The van der Waals surface area contributed by atoms with Gasteiger partial charge in [-0.25, -0.2) is 4.79 Å². The normalized spacial score (nSPS) is 17.9. The minimum Gasteiger partial charge on any atom is -0.364 e. The SMILES string of the molecule is Cc1cccc(C(=O)ON2CCN(S(=O)(=O)O)CC2)c1. The Kier molecular flexibility index (Phi) is 4.39. The van der Waals surface area contributed by atoms with Crippen LogP contribution < -0.4 is 0 Å². The Morgan fingerprint density at radius 3 is 2.45 bits per heavy atom. The first-order valence-corrected chi connectivity index (χ1v) is 7.52. The van der Waals surface area contributed by atoms with Crippen molar-refractivity contribution in [2.24, 2.45) is 0 Å². The molecule has 1 aromatic rings. The highest BCUT2D eigenvalue weighted by Gasteiger charge is 2.27. The van der Waals surface area contributed by atoms with Gasteiger partial charge in [-0.1, -0.05) is 17.7 Å². The summed E-state index contributed by atoms with van der Waals surface area (Å²) >= 11 is 0. The minimum atomic E-state index is -4.17. The molecule has 0 unspecified atom stereocenters. The maximum Gasteiger partial charge on any atom is 0.357 e. The van der Waals surface area contributed by atoms with Crippen LogP contribution >= 0.6 is 0 Å². The molecule has 7 nitrogen and oxygen atoms in total. The average molecular weight is 300 g/mol. The molecule has 0 aromatic heterocycles. The molecular formula is C12H16N2O5S. The predicted molar refractivity (Wildman–Crippen MR) is 71.3 cm³/mol. The maximum absolute atomic E-state index is 11.9. The third kappa shape index (κ3) is 3.76. The molecule has 110 valence electrons. The summed E-state index contributed by atoms with van der Waals surface area (Å²) in [7, 11) is -4.17. The lowest BCUT2D eigenvalue weighted by Crippen LogP contribution is -2.48. The lowest BCUT2D eigenvalue weighted by Gasteiger charge is -2.30. The van der Waals surface area contributed by atoms with Crippen molar-refractivity contribution >= 4 is 16.3 Å². The summed E-state index contributed by atoms with van der Waals surface area (Å²) in [6.45, 7) is 2.48. The molecule has 2 rings (SSSR count). The maximum atomic E-state index is 11.9. The fourth-order valence-electron chi connectivity index (χ4n) is 1.93. The minimum absolute atomic E-state index is 0.0833. The summed E-state index contributed by atoms with van der Waals surface area (Å²) in [6, 6.07) is 7.02. The van der Waals surface area contributed by atoms with E-state index in [9.17, 15) is 13.2 Å². The van der Waals surface area contributed by atoms with Crippen molar-refractivity contribution in [3.05, 3.63) is 35.4 Å². The Morgan fingerprint density at radius 2 is 1.90 bits per heavy atom. The van der Waals surface area contributed by atoms with E-state index >= 15 is 0 Å². The Hall–Kier alpha value is -1.48. The van der Waals surface area contributed by atoms with Crippen molar-refractivity contribution in [1.82, 2.24) is 9.37 Å². The molecule has 1 N–H and O–H groups in total. The number of carbonyl (C=O) groups is 1. The third-order valence-corrected chi connectivity index (χ3v) is 4.01. The number of piperazine rings is 1. The first-order chi connectivity index (χ1) is 9.36. The highest BCUT2D eigenvalue weighted by molar-refractivity contribution is 7.83. The highest BCUT2D eigenvalue weighted by atomic mass is 32.2. The van der Waals surface area contributed by atoms with E-state index in [1.165, 1.54) is 5.06 Å². The van der Waals surface area contributed by atoms with Gasteiger partial charge >= 0.3 is 16.3 Å². The van der Waals surface area contributed by atoms with Crippen LogP contribution in [0, 0.1) is 6.92 Å². The van der Waals surface area contributed by atoms with Crippen LogP contribution in [0.1, 0.15) is 15.9 Å². The second kappa shape index (κ2) is 5.88. The van der Waals surface area contributed by atoms with Crippen molar-refractivity contribution in [1.29, 1.82) is 0 Å². The van der Waals surface area contributed by atoms with Gasteiger partial charge in [0, 0.05) is 26.2 Å². The average Bonchev–Trinajstić information content (AvgIpc) is 2.38. The second-order valence-corrected chi connectivity index (χ2v) is 5.97. The highest BCUT2D eigenvalue weighted by Crippen LogP contribution is 2.10. The van der Waals surface area contributed by atoms with E-state index in [0.717, 1.165) is 9.87 Å². The first kappa shape index (κ1) is 14.9. The number of carbonyl (C=O) groups excluding carboxylic acids is 1.